The molecule has 4 aromatic rings. The Morgan fingerprint density at radius 3 is 3.00 bits per heavy atom. The van der Waals surface area contributed by atoms with Gasteiger partial charge in [0.2, 0.25) is 5.82 Å². The Bertz CT molecular complexity index is 1090. The topological polar surface area (TPSA) is 101 Å². The minimum atomic E-state index is -0.225. The van der Waals surface area contributed by atoms with Crippen molar-refractivity contribution in [2.24, 2.45) is 7.05 Å². The van der Waals surface area contributed by atoms with Gasteiger partial charge in [-0.15, -0.1) is 0 Å². The largest absolute Gasteiger partial charge is 0.343 e. The summed E-state index contributed by atoms with van der Waals surface area (Å²) in [6.45, 7) is 0.210. The van der Waals surface area contributed by atoms with Crippen molar-refractivity contribution in [1.82, 2.24) is 35.0 Å². The molecule has 9 heteroatoms. The number of amides is 1. The molecule has 0 bridgehead atoms. The number of benzene rings is 1. The van der Waals surface area contributed by atoms with E-state index in [4.69, 9.17) is 11.6 Å². The maximum Gasteiger partial charge on any atom is 0.268 e. The molecule has 0 saturated carbocycles. The Labute approximate surface area is 153 Å². The van der Waals surface area contributed by atoms with Crippen LogP contribution in [0.3, 0.4) is 0 Å². The molecule has 26 heavy (non-hydrogen) atoms. The number of rotatable bonds is 4. The molecule has 0 radical (unpaired) electrons. The fourth-order valence-electron chi connectivity index (χ4n) is 2.74. The fraction of sp³-hybridized carbons (Fsp3) is 0.118. The second-order valence-electron chi connectivity index (χ2n) is 5.65. The first-order chi connectivity index (χ1) is 12.6. The summed E-state index contributed by atoms with van der Waals surface area (Å²) in [6.07, 6.45) is 4.72. The van der Waals surface area contributed by atoms with Crippen molar-refractivity contribution in [3.63, 3.8) is 0 Å². The quantitative estimate of drug-likeness (QED) is 0.576. The lowest BCUT2D eigenvalue weighted by molar-refractivity contribution is 0.0942. The Hall–Kier alpha value is -3.26. The molecule has 1 aromatic carbocycles. The number of hydrogen-bond donors (Lipinski definition) is 2. The molecular weight excluding hydrogens is 354 g/mol. The third kappa shape index (κ3) is 2.91. The zero-order chi connectivity index (χ0) is 18.1. The smallest absolute Gasteiger partial charge is 0.268 e. The molecule has 8 nitrogen and oxygen atoms in total. The number of nitrogens with one attached hydrogen (secondary N) is 2. The molecule has 0 spiro atoms. The molecule has 0 aliphatic rings. The van der Waals surface area contributed by atoms with Crippen molar-refractivity contribution >= 4 is 28.4 Å². The van der Waals surface area contributed by atoms with Crippen LogP contribution in [0.1, 0.15) is 16.3 Å². The van der Waals surface area contributed by atoms with Crippen molar-refractivity contribution in [2.75, 3.05) is 0 Å². The Kier molecular flexibility index (Phi) is 4.10. The van der Waals surface area contributed by atoms with Crippen LogP contribution in [-0.4, -0.2) is 35.6 Å². The van der Waals surface area contributed by atoms with Gasteiger partial charge >= 0.3 is 0 Å². The second-order valence-corrected chi connectivity index (χ2v) is 6.05. The van der Waals surface area contributed by atoms with Crippen LogP contribution in [0, 0.1) is 0 Å². The number of H-pyrrole nitrogens is 1. The molecule has 4 rings (SSSR count). The highest BCUT2D eigenvalue weighted by Crippen LogP contribution is 2.26. The maximum atomic E-state index is 12.5. The van der Waals surface area contributed by atoms with Gasteiger partial charge in [-0.25, -0.2) is 9.97 Å². The van der Waals surface area contributed by atoms with Gasteiger partial charge in [-0.3, -0.25) is 14.9 Å². The van der Waals surface area contributed by atoms with Gasteiger partial charge in [0.15, 0.2) is 0 Å². The zero-order valence-corrected chi connectivity index (χ0v) is 14.5. The van der Waals surface area contributed by atoms with Crippen LogP contribution in [0.2, 0.25) is 5.02 Å². The third-order valence-corrected chi connectivity index (χ3v) is 4.28. The van der Waals surface area contributed by atoms with Crippen LogP contribution >= 0.6 is 11.6 Å². The molecular formula is C17H14ClN7O. The van der Waals surface area contributed by atoms with E-state index in [0.29, 0.717) is 28.1 Å². The third-order valence-electron chi connectivity index (χ3n) is 3.98. The van der Waals surface area contributed by atoms with Gasteiger partial charge in [-0.05, 0) is 12.1 Å². The second kappa shape index (κ2) is 6.57. The maximum absolute atomic E-state index is 12.5. The molecule has 0 atom stereocenters. The van der Waals surface area contributed by atoms with Gasteiger partial charge in [0.25, 0.3) is 5.91 Å². The summed E-state index contributed by atoms with van der Waals surface area (Å²) in [5.41, 5.74) is 1.90. The normalized spacial score (nSPS) is 11.0. The number of aryl methyl sites for hydroxylation is 1. The molecule has 0 aliphatic carbocycles. The highest BCUT2D eigenvalue weighted by molar-refractivity contribution is 6.35. The molecule has 3 aromatic heterocycles. The summed E-state index contributed by atoms with van der Waals surface area (Å²) >= 11 is 6.23. The first-order valence-corrected chi connectivity index (χ1v) is 8.21. The predicted molar refractivity (Wildman–Crippen MR) is 96.5 cm³/mol. The standard InChI is InChI=1S/C17H14ClN7O/c1-25-13(7-10-3-2-4-11(18)15(10)25)17(26)21-9-14-22-16(24-23-14)12-8-19-5-6-20-12/h2-8H,9H2,1H3,(H,21,26)(H,22,23,24). The van der Waals surface area contributed by atoms with Gasteiger partial charge in [0, 0.05) is 24.8 Å². The van der Waals surface area contributed by atoms with Crippen molar-refractivity contribution < 1.29 is 4.79 Å². The monoisotopic (exact) mass is 367 g/mol. The van der Waals surface area contributed by atoms with Crippen LogP contribution in [0.15, 0.2) is 42.9 Å². The summed E-state index contributed by atoms with van der Waals surface area (Å²) in [5.74, 6) is 0.728. The fourth-order valence-corrected chi connectivity index (χ4v) is 3.05. The summed E-state index contributed by atoms with van der Waals surface area (Å²) in [4.78, 5) is 25.0. The molecule has 3 heterocycles. The lowest BCUT2D eigenvalue weighted by Gasteiger charge is -2.05. The Morgan fingerprint density at radius 1 is 1.35 bits per heavy atom. The summed E-state index contributed by atoms with van der Waals surface area (Å²) < 4.78 is 1.78. The lowest BCUT2D eigenvalue weighted by atomic mass is 10.2. The van der Waals surface area contributed by atoms with Crippen LogP contribution in [-0.2, 0) is 13.6 Å². The molecule has 0 aliphatic heterocycles. The number of halogens is 1. The van der Waals surface area contributed by atoms with Crippen molar-refractivity contribution in [3.8, 4) is 11.5 Å². The van der Waals surface area contributed by atoms with Crippen LogP contribution in [0.25, 0.3) is 22.4 Å². The van der Waals surface area contributed by atoms with E-state index in [1.807, 2.05) is 25.2 Å². The first kappa shape index (κ1) is 16.2. The van der Waals surface area contributed by atoms with Gasteiger partial charge < -0.3 is 9.88 Å². The number of hydrogen-bond acceptors (Lipinski definition) is 5. The first-order valence-electron chi connectivity index (χ1n) is 7.83. The van der Waals surface area contributed by atoms with Gasteiger partial charge in [0.05, 0.1) is 23.3 Å². The van der Waals surface area contributed by atoms with Gasteiger partial charge in [-0.1, -0.05) is 23.7 Å². The molecule has 130 valence electrons. The van der Waals surface area contributed by atoms with E-state index in [1.165, 1.54) is 0 Å². The van der Waals surface area contributed by atoms with Gasteiger partial charge in [0.1, 0.15) is 17.2 Å². The van der Waals surface area contributed by atoms with E-state index in [2.05, 4.69) is 30.5 Å². The number of carbonyl (C=O) groups is 1. The lowest BCUT2D eigenvalue weighted by Crippen LogP contribution is -2.25. The van der Waals surface area contributed by atoms with Crippen LogP contribution in [0.4, 0.5) is 0 Å². The predicted octanol–water partition coefficient (Wildman–Crippen LogP) is 2.34. The zero-order valence-electron chi connectivity index (χ0n) is 13.8. The van der Waals surface area contributed by atoms with Crippen molar-refractivity contribution in [1.29, 1.82) is 0 Å². The number of nitrogens with zero attached hydrogens (tertiary/aromatic N) is 5. The number of para-hydroxylation sites is 1. The summed E-state index contributed by atoms with van der Waals surface area (Å²) in [6, 6.07) is 7.38. The Balaban J connectivity index is 1.51. The molecule has 0 saturated heterocycles. The average molecular weight is 368 g/mol. The van der Waals surface area contributed by atoms with Crippen molar-refractivity contribution in [3.05, 3.63) is 59.4 Å². The van der Waals surface area contributed by atoms with E-state index < -0.39 is 0 Å². The molecule has 1 amide bonds. The van der Waals surface area contributed by atoms with E-state index >= 15 is 0 Å². The summed E-state index contributed by atoms with van der Waals surface area (Å²) in [5, 5.41) is 11.2. The van der Waals surface area contributed by atoms with E-state index in [-0.39, 0.29) is 12.5 Å². The summed E-state index contributed by atoms with van der Waals surface area (Å²) in [7, 11) is 1.81. The Morgan fingerprint density at radius 2 is 2.23 bits per heavy atom. The molecule has 2 N–H and O–H groups in total. The van der Waals surface area contributed by atoms with Crippen molar-refractivity contribution in [2.45, 2.75) is 6.54 Å². The SMILES string of the molecule is Cn1c(C(=O)NCc2nc(-c3cnccn3)n[nH]2)cc2cccc(Cl)c21. The highest BCUT2D eigenvalue weighted by atomic mass is 35.5. The highest BCUT2D eigenvalue weighted by Gasteiger charge is 2.15. The number of aromatic amines is 1. The van der Waals surface area contributed by atoms with E-state index in [9.17, 15) is 4.79 Å². The average Bonchev–Trinajstić information content (AvgIpc) is 3.26. The molecule has 0 fully saturated rings. The number of aromatic nitrogens is 6. The minimum Gasteiger partial charge on any atom is -0.343 e. The van der Waals surface area contributed by atoms with E-state index in [1.54, 1.807) is 29.2 Å². The molecule has 0 unspecified atom stereocenters. The number of fused-ring (bicyclic) bond motifs is 1. The van der Waals surface area contributed by atoms with Crippen LogP contribution in [0.5, 0.6) is 0 Å². The van der Waals surface area contributed by atoms with Crippen LogP contribution < -0.4 is 5.32 Å². The minimum absolute atomic E-state index is 0.210. The number of carbonyl (C=O) groups excluding carboxylic acids is 1. The van der Waals surface area contributed by atoms with E-state index in [0.717, 1.165) is 10.9 Å². The van der Waals surface area contributed by atoms with Gasteiger partial charge in [-0.2, -0.15) is 5.10 Å².